The molecule has 23 heavy (non-hydrogen) atoms. The van der Waals surface area contributed by atoms with E-state index in [1.807, 2.05) is 25.4 Å². The summed E-state index contributed by atoms with van der Waals surface area (Å²) in [5.74, 6) is 1.01. The number of anilines is 1. The van der Waals surface area contributed by atoms with E-state index in [4.69, 9.17) is 0 Å². The zero-order chi connectivity index (χ0) is 15.8. The number of aromatic nitrogens is 4. The van der Waals surface area contributed by atoms with Gasteiger partial charge in [-0.15, -0.1) is 11.3 Å². The number of nitrogens with one attached hydrogen (secondary N) is 2. The van der Waals surface area contributed by atoms with E-state index in [1.54, 1.807) is 29.6 Å². The highest BCUT2D eigenvalue weighted by Crippen LogP contribution is 2.33. The minimum absolute atomic E-state index is 0.518. The molecule has 0 saturated heterocycles. The Kier molecular flexibility index (Phi) is 3.96. The van der Waals surface area contributed by atoms with Crippen LogP contribution in [-0.2, 0) is 0 Å². The zero-order valence-corrected chi connectivity index (χ0v) is 14.6. The van der Waals surface area contributed by atoms with Crippen molar-refractivity contribution in [2.75, 3.05) is 11.9 Å². The Balaban J connectivity index is 1.35. The second kappa shape index (κ2) is 6.10. The number of thiazole rings is 1. The van der Waals surface area contributed by atoms with E-state index >= 15 is 0 Å². The standard InChI is InChI=1S/C15H18N6S2/c1-9-17-7-13(22-9)23-20-10-5-11(6-10)21(2)15-12-3-4-16-14(12)18-8-19-15/h3-4,7-8,10-11,20H,5-6H2,1-2H3,(H,16,18,19). The number of H-pyrrole nitrogens is 1. The van der Waals surface area contributed by atoms with Crippen LogP contribution in [0.4, 0.5) is 5.82 Å². The van der Waals surface area contributed by atoms with E-state index in [2.05, 4.69) is 36.6 Å². The Labute approximate surface area is 142 Å². The first-order chi connectivity index (χ1) is 11.2. The van der Waals surface area contributed by atoms with Gasteiger partial charge in [-0.05, 0) is 37.8 Å². The van der Waals surface area contributed by atoms with Gasteiger partial charge in [0.25, 0.3) is 0 Å². The fourth-order valence-corrected chi connectivity index (χ4v) is 4.60. The van der Waals surface area contributed by atoms with Crippen molar-refractivity contribution < 1.29 is 0 Å². The van der Waals surface area contributed by atoms with Gasteiger partial charge < -0.3 is 9.88 Å². The van der Waals surface area contributed by atoms with Gasteiger partial charge in [0.1, 0.15) is 17.8 Å². The molecule has 8 heteroatoms. The van der Waals surface area contributed by atoms with Gasteiger partial charge in [0.15, 0.2) is 0 Å². The molecule has 3 aromatic heterocycles. The maximum Gasteiger partial charge on any atom is 0.142 e. The minimum Gasteiger partial charge on any atom is -0.356 e. The summed E-state index contributed by atoms with van der Waals surface area (Å²) < 4.78 is 4.76. The molecule has 1 saturated carbocycles. The molecule has 3 heterocycles. The summed E-state index contributed by atoms with van der Waals surface area (Å²) in [6, 6.07) is 3.10. The van der Waals surface area contributed by atoms with Crippen LogP contribution in [0.15, 0.2) is 29.0 Å². The lowest BCUT2D eigenvalue weighted by molar-refractivity contribution is 0.323. The van der Waals surface area contributed by atoms with Gasteiger partial charge in [0.2, 0.25) is 0 Å². The number of nitrogens with zero attached hydrogens (tertiary/aromatic N) is 4. The second-order valence-electron chi connectivity index (χ2n) is 5.79. The quantitative estimate of drug-likeness (QED) is 0.692. The summed E-state index contributed by atoms with van der Waals surface area (Å²) in [5.41, 5.74) is 0.895. The van der Waals surface area contributed by atoms with Gasteiger partial charge in [-0.25, -0.2) is 15.0 Å². The van der Waals surface area contributed by atoms with Crippen LogP contribution in [0.25, 0.3) is 11.0 Å². The van der Waals surface area contributed by atoms with Crippen LogP contribution in [0.3, 0.4) is 0 Å². The first-order valence-electron chi connectivity index (χ1n) is 7.56. The smallest absolute Gasteiger partial charge is 0.142 e. The fourth-order valence-electron chi connectivity index (χ4n) is 2.84. The van der Waals surface area contributed by atoms with E-state index in [0.717, 1.165) is 34.7 Å². The average molecular weight is 346 g/mol. The summed E-state index contributed by atoms with van der Waals surface area (Å²) in [4.78, 5) is 18.4. The Morgan fingerprint density at radius 3 is 3.00 bits per heavy atom. The molecular weight excluding hydrogens is 328 g/mol. The SMILES string of the molecule is Cc1ncc(SNC2CC(N(C)c3ncnc4[nH]ccc34)C2)s1. The van der Waals surface area contributed by atoms with Crippen molar-refractivity contribution in [3.63, 3.8) is 0 Å². The fraction of sp³-hybridized carbons (Fsp3) is 0.400. The van der Waals surface area contributed by atoms with Crippen molar-refractivity contribution in [1.29, 1.82) is 0 Å². The summed E-state index contributed by atoms with van der Waals surface area (Å²) in [5, 5.41) is 2.20. The van der Waals surface area contributed by atoms with Crippen molar-refractivity contribution in [2.24, 2.45) is 0 Å². The number of hydrogen-bond donors (Lipinski definition) is 2. The van der Waals surface area contributed by atoms with Crippen LogP contribution in [0.2, 0.25) is 0 Å². The lowest BCUT2D eigenvalue weighted by atomic mass is 9.86. The van der Waals surface area contributed by atoms with E-state index in [-0.39, 0.29) is 0 Å². The van der Waals surface area contributed by atoms with E-state index in [0.29, 0.717) is 12.1 Å². The number of fused-ring (bicyclic) bond motifs is 1. The molecule has 0 amide bonds. The molecule has 6 nitrogen and oxygen atoms in total. The van der Waals surface area contributed by atoms with Crippen LogP contribution in [0.1, 0.15) is 17.8 Å². The van der Waals surface area contributed by atoms with Crippen molar-refractivity contribution in [1.82, 2.24) is 24.7 Å². The van der Waals surface area contributed by atoms with Crippen molar-refractivity contribution in [3.8, 4) is 0 Å². The third kappa shape index (κ3) is 2.93. The Morgan fingerprint density at radius 1 is 1.35 bits per heavy atom. The highest BCUT2D eigenvalue weighted by Gasteiger charge is 2.33. The average Bonchev–Trinajstić information content (AvgIpc) is 3.13. The Bertz CT molecular complexity index is 807. The molecule has 1 aliphatic rings. The third-order valence-corrected chi connectivity index (χ3v) is 6.22. The molecule has 0 atom stereocenters. The van der Waals surface area contributed by atoms with Crippen molar-refractivity contribution >= 4 is 40.1 Å². The van der Waals surface area contributed by atoms with Gasteiger partial charge >= 0.3 is 0 Å². The molecule has 2 N–H and O–H groups in total. The van der Waals surface area contributed by atoms with Crippen LogP contribution in [0.5, 0.6) is 0 Å². The summed E-state index contributed by atoms with van der Waals surface area (Å²) >= 11 is 3.42. The summed E-state index contributed by atoms with van der Waals surface area (Å²) in [6.07, 6.45) is 7.72. The molecule has 0 unspecified atom stereocenters. The largest absolute Gasteiger partial charge is 0.356 e. The first-order valence-corrected chi connectivity index (χ1v) is 9.19. The molecule has 0 radical (unpaired) electrons. The predicted molar refractivity (Wildman–Crippen MR) is 94.9 cm³/mol. The number of aromatic amines is 1. The zero-order valence-electron chi connectivity index (χ0n) is 13.0. The Hall–Kier alpha value is -1.64. The number of aryl methyl sites for hydroxylation is 1. The van der Waals surface area contributed by atoms with E-state index < -0.39 is 0 Å². The third-order valence-electron chi connectivity index (χ3n) is 4.25. The van der Waals surface area contributed by atoms with Crippen LogP contribution in [0, 0.1) is 6.92 Å². The lowest BCUT2D eigenvalue weighted by Gasteiger charge is -2.41. The number of rotatable bonds is 5. The maximum absolute atomic E-state index is 4.47. The van der Waals surface area contributed by atoms with Gasteiger partial charge in [0.05, 0.1) is 20.8 Å². The van der Waals surface area contributed by atoms with Gasteiger partial charge in [-0.1, -0.05) is 0 Å². The molecular formula is C15H18N6S2. The molecule has 0 spiro atoms. The highest BCUT2D eigenvalue weighted by atomic mass is 32.2. The molecule has 1 fully saturated rings. The molecule has 0 aliphatic heterocycles. The van der Waals surface area contributed by atoms with E-state index in [9.17, 15) is 0 Å². The highest BCUT2D eigenvalue weighted by molar-refractivity contribution is 7.99. The van der Waals surface area contributed by atoms with E-state index in [1.165, 1.54) is 4.21 Å². The van der Waals surface area contributed by atoms with Gasteiger partial charge in [0, 0.05) is 25.3 Å². The molecule has 1 aliphatic carbocycles. The molecule has 3 aromatic rings. The van der Waals surface area contributed by atoms with Crippen molar-refractivity contribution in [3.05, 3.63) is 29.8 Å². The molecule has 0 bridgehead atoms. The Morgan fingerprint density at radius 2 is 2.22 bits per heavy atom. The minimum atomic E-state index is 0.518. The second-order valence-corrected chi connectivity index (χ2v) is 8.16. The summed E-state index contributed by atoms with van der Waals surface area (Å²) in [6.45, 7) is 2.03. The maximum atomic E-state index is 4.47. The summed E-state index contributed by atoms with van der Waals surface area (Å²) in [7, 11) is 2.12. The van der Waals surface area contributed by atoms with Crippen LogP contribution >= 0.6 is 23.3 Å². The first kappa shape index (κ1) is 14.9. The van der Waals surface area contributed by atoms with Crippen molar-refractivity contribution in [2.45, 2.75) is 36.1 Å². The number of hydrogen-bond acceptors (Lipinski definition) is 7. The lowest BCUT2D eigenvalue weighted by Crippen LogP contribution is -2.50. The van der Waals surface area contributed by atoms with Crippen LogP contribution in [-0.4, -0.2) is 39.1 Å². The predicted octanol–water partition coefficient (Wildman–Crippen LogP) is 2.99. The molecule has 120 valence electrons. The van der Waals surface area contributed by atoms with Gasteiger partial charge in [-0.3, -0.25) is 4.72 Å². The normalized spacial score (nSPS) is 20.6. The topological polar surface area (TPSA) is 69.7 Å². The molecule has 0 aromatic carbocycles. The van der Waals surface area contributed by atoms with Gasteiger partial charge in [-0.2, -0.15) is 0 Å². The molecule has 4 rings (SSSR count). The monoisotopic (exact) mass is 346 g/mol. The van der Waals surface area contributed by atoms with Crippen LogP contribution < -0.4 is 9.62 Å².